The highest BCUT2D eigenvalue weighted by Crippen LogP contribution is 2.19. The van der Waals surface area contributed by atoms with Gasteiger partial charge in [-0.2, -0.15) is 0 Å². The molecule has 0 aliphatic heterocycles. The van der Waals surface area contributed by atoms with E-state index in [2.05, 4.69) is 18.3 Å². The van der Waals surface area contributed by atoms with Gasteiger partial charge < -0.3 is 10.2 Å². The Bertz CT molecular complexity index is 622. The average molecular weight is 342 g/mol. The maximum absolute atomic E-state index is 12.4. The van der Waals surface area contributed by atoms with Crippen molar-refractivity contribution in [1.29, 1.82) is 0 Å². The number of carbonyl (C=O) groups is 2. The van der Waals surface area contributed by atoms with E-state index in [1.165, 1.54) is 24.8 Å². The number of allylic oxidation sites excluding steroid dienone is 1. The van der Waals surface area contributed by atoms with Crippen molar-refractivity contribution in [2.75, 3.05) is 20.1 Å². The Hall–Kier alpha value is -2.10. The van der Waals surface area contributed by atoms with Crippen LogP contribution >= 0.6 is 0 Å². The summed E-state index contributed by atoms with van der Waals surface area (Å²) in [7, 11) is 1.81. The molecular weight excluding hydrogens is 312 g/mol. The molecule has 0 saturated carbocycles. The molecule has 4 nitrogen and oxygen atoms in total. The van der Waals surface area contributed by atoms with Crippen molar-refractivity contribution in [2.45, 2.75) is 51.9 Å². The number of benzene rings is 1. The van der Waals surface area contributed by atoms with Gasteiger partial charge in [-0.3, -0.25) is 9.59 Å². The fourth-order valence-corrected chi connectivity index (χ4v) is 3.08. The molecule has 0 saturated heterocycles. The number of carbonyl (C=O) groups excluding carboxylic acids is 2. The lowest BCUT2D eigenvalue weighted by molar-refractivity contribution is 0.0793. The topological polar surface area (TPSA) is 49.4 Å². The van der Waals surface area contributed by atoms with Crippen molar-refractivity contribution in [3.8, 4) is 0 Å². The minimum Gasteiger partial charge on any atom is -0.352 e. The molecule has 1 aromatic rings. The van der Waals surface area contributed by atoms with E-state index in [1.54, 1.807) is 29.2 Å². The zero-order valence-corrected chi connectivity index (χ0v) is 15.5. The van der Waals surface area contributed by atoms with Crippen LogP contribution in [0.2, 0.25) is 0 Å². The molecule has 2 amide bonds. The van der Waals surface area contributed by atoms with Crippen LogP contribution in [0.3, 0.4) is 0 Å². The zero-order chi connectivity index (χ0) is 18.1. The van der Waals surface area contributed by atoms with Crippen LogP contribution in [0.5, 0.6) is 0 Å². The maximum Gasteiger partial charge on any atom is 0.253 e. The fourth-order valence-electron chi connectivity index (χ4n) is 3.08. The molecule has 0 spiro atoms. The van der Waals surface area contributed by atoms with Crippen LogP contribution in [-0.2, 0) is 0 Å². The Labute approximate surface area is 151 Å². The Kier molecular flexibility index (Phi) is 7.71. The Morgan fingerprint density at radius 1 is 1.20 bits per heavy atom. The van der Waals surface area contributed by atoms with Crippen molar-refractivity contribution in [3.05, 3.63) is 47.0 Å². The third kappa shape index (κ3) is 6.04. The zero-order valence-electron chi connectivity index (χ0n) is 15.5. The summed E-state index contributed by atoms with van der Waals surface area (Å²) in [6, 6.07) is 7.01. The highest BCUT2D eigenvalue weighted by atomic mass is 16.2. The highest BCUT2D eigenvalue weighted by Gasteiger charge is 2.14. The van der Waals surface area contributed by atoms with E-state index in [1.807, 2.05) is 7.05 Å². The van der Waals surface area contributed by atoms with Gasteiger partial charge in [-0.15, -0.1) is 0 Å². The van der Waals surface area contributed by atoms with E-state index in [-0.39, 0.29) is 11.8 Å². The SMILES string of the molecule is CCCCN(C)C(=O)c1cccc(C(=O)NCCC2=CCCCC2)c1. The number of hydrogen-bond acceptors (Lipinski definition) is 2. The summed E-state index contributed by atoms with van der Waals surface area (Å²) in [5.74, 6) is -0.141. The van der Waals surface area contributed by atoms with Crippen LogP contribution in [0.1, 0.15) is 72.6 Å². The molecule has 0 aromatic heterocycles. The summed E-state index contributed by atoms with van der Waals surface area (Å²) < 4.78 is 0. The first-order valence-corrected chi connectivity index (χ1v) is 9.43. The van der Waals surface area contributed by atoms with Gasteiger partial charge in [0, 0.05) is 31.3 Å². The molecule has 25 heavy (non-hydrogen) atoms. The van der Waals surface area contributed by atoms with E-state index in [4.69, 9.17) is 0 Å². The van der Waals surface area contributed by atoms with E-state index < -0.39 is 0 Å². The lowest BCUT2D eigenvalue weighted by Crippen LogP contribution is -2.28. The second-order valence-corrected chi connectivity index (χ2v) is 6.78. The third-order valence-corrected chi connectivity index (χ3v) is 4.68. The molecule has 136 valence electrons. The first-order chi connectivity index (χ1) is 12.1. The first-order valence-electron chi connectivity index (χ1n) is 9.43. The first kappa shape index (κ1) is 19.2. The summed E-state index contributed by atoms with van der Waals surface area (Å²) in [4.78, 5) is 26.5. The number of nitrogens with zero attached hydrogens (tertiary/aromatic N) is 1. The Morgan fingerprint density at radius 3 is 2.72 bits per heavy atom. The molecule has 1 aliphatic carbocycles. The van der Waals surface area contributed by atoms with Gasteiger partial charge in [0.1, 0.15) is 0 Å². The standard InChI is InChI=1S/C21H30N2O2/c1-3-4-15-23(2)21(25)19-12-8-11-18(16-19)20(24)22-14-13-17-9-6-5-7-10-17/h8-9,11-12,16H,3-7,10,13-15H2,1-2H3,(H,22,24). The normalized spacial score (nSPS) is 13.9. The van der Waals surface area contributed by atoms with Crippen molar-refractivity contribution in [3.63, 3.8) is 0 Å². The van der Waals surface area contributed by atoms with Crippen LogP contribution in [0.15, 0.2) is 35.9 Å². The monoisotopic (exact) mass is 342 g/mol. The highest BCUT2D eigenvalue weighted by molar-refractivity contribution is 5.99. The van der Waals surface area contributed by atoms with Crippen molar-refractivity contribution < 1.29 is 9.59 Å². The second kappa shape index (κ2) is 10.0. The average Bonchev–Trinajstić information content (AvgIpc) is 2.66. The smallest absolute Gasteiger partial charge is 0.253 e. The predicted molar refractivity (Wildman–Crippen MR) is 102 cm³/mol. The van der Waals surface area contributed by atoms with Crippen LogP contribution < -0.4 is 5.32 Å². The van der Waals surface area contributed by atoms with Crippen LogP contribution in [0.25, 0.3) is 0 Å². The van der Waals surface area contributed by atoms with Gasteiger partial charge in [0.15, 0.2) is 0 Å². The molecule has 0 bridgehead atoms. The Morgan fingerprint density at radius 2 is 2.00 bits per heavy atom. The molecule has 1 N–H and O–H groups in total. The van der Waals surface area contributed by atoms with Gasteiger partial charge in [0.05, 0.1) is 0 Å². The lowest BCUT2D eigenvalue weighted by Gasteiger charge is -2.17. The predicted octanol–water partition coefficient (Wildman–Crippen LogP) is 4.18. The van der Waals surface area contributed by atoms with Gasteiger partial charge in [-0.25, -0.2) is 0 Å². The quantitative estimate of drug-likeness (QED) is 0.721. The largest absolute Gasteiger partial charge is 0.352 e. The molecular formula is C21H30N2O2. The van der Waals surface area contributed by atoms with E-state index in [0.717, 1.165) is 32.2 Å². The van der Waals surface area contributed by atoms with E-state index in [9.17, 15) is 9.59 Å². The molecule has 1 aromatic carbocycles. The van der Waals surface area contributed by atoms with Crippen molar-refractivity contribution in [1.82, 2.24) is 10.2 Å². The summed E-state index contributed by atoms with van der Waals surface area (Å²) in [6.45, 7) is 3.49. The molecule has 2 rings (SSSR count). The molecule has 0 atom stereocenters. The number of nitrogens with one attached hydrogen (secondary N) is 1. The number of hydrogen-bond donors (Lipinski definition) is 1. The summed E-state index contributed by atoms with van der Waals surface area (Å²) in [5, 5.41) is 2.97. The van der Waals surface area contributed by atoms with Crippen LogP contribution in [0, 0.1) is 0 Å². The van der Waals surface area contributed by atoms with Gasteiger partial charge in [-0.05, 0) is 56.7 Å². The fraction of sp³-hybridized carbons (Fsp3) is 0.524. The van der Waals surface area contributed by atoms with Gasteiger partial charge in [-0.1, -0.05) is 31.1 Å². The second-order valence-electron chi connectivity index (χ2n) is 6.78. The number of amides is 2. The molecule has 0 unspecified atom stereocenters. The van der Waals surface area contributed by atoms with Gasteiger partial charge in [0.25, 0.3) is 11.8 Å². The minimum absolute atomic E-state index is 0.0320. The van der Waals surface area contributed by atoms with Crippen molar-refractivity contribution >= 4 is 11.8 Å². The third-order valence-electron chi connectivity index (χ3n) is 4.68. The number of rotatable bonds is 8. The molecule has 0 radical (unpaired) electrons. The maximum atomic E-state index is 12.4. The summed E-state index contributed by atoms with van der Waals surface area (Å²) >= 11 is 0. The molecule has 0 heterocycles. The minimum atomic E-state index is -0.109. The van der Waals surface area contributed by atoms with Crippen molar-refractivity contribution in [2.24, 2.45) is 0 Å². The number of unbranched alkanes of at least 4 members (excludes halogenated alkanes) is 1. The van der Waals surface area contributed by atoms with E-state index >= 15 is 0 Å². The molecule has 1 aliphatic rings. The van der Waals surface area contributed by atoms with Crippen LogP contribution in [-0.4, -0.2) is 36.9 Å². The summed E-state index contributed by atoms with van der Waals surface area (Å²) in [5.41, 5.74) is 2.57. The van der Waals surface area contributed by atoms with Gasteiger partial charge >= 0.3 is 0 Å². The van der Waals surface area contributed by atoms with Gasteiger partial charge in [0.2, 0.25) is 0 Å². The van der Waals surface area contributed by atoms with E-state index in [0.29, 0.717) is 17.7 Å². The molecule has 0 fully saturated rings. The van der Waals surface area contributed by atoms with Crippen LogP contribution in [0.4, 0.5) is 0 Å². The summed E-state index contributed by atoms with van der Waals surface area (Å²) in [6.07, 6.45) is 10.1. The lowest BCUT2D eigenvalue weighted by atomic mass is 9.97. The Balaban J connectivity index is 1.89. The molecule has 4 heteroatoms.